The molecule has 1 aliphatic heterocycles. The summed E-state index contributed by atoms with van der Waals surface area (Å²) < 4.78 is 0. The van der Waals surface area contributed by atoms with E-state index >= 15 is 0 Å². The van der Waals surface area contributed by atoms with Crippen LogP contribution in [0.3, 0.4) is 0 Å². The summed E-state index contributed by atoms with van der Waals surface area (Å²) in [5.41, 5.74) is 0.470. The minimum absolute atomic E-state index is 0.470. The van der Waals surface area contributed by atoms with E-state index in [0.29, 0.717) is 11.5 Å². The number of piperazine rings is 1. The Bertz CT molecular complexity index is 295. The van der Waals surface area contributed by atoms with Crippen LogP contribution in [-0.4, -0.2) is 61.7 Å². The van der Waals surface area contributed by atoms with Crippen molar-refractivity contribution in [2.24, 2.45) is 11.3 Å². The van der Waals surface area contributed by atoms with Crippen molar-refractivity contribution in [3.63, 3.8) is 0 Å². The predicted octanol–water partition coefficient (Wildman–Crippen LogP) is 2.43. The molecular weight excluding hydrogens is 246 g/mol. The summed E-state index contributed by atoms with van der Waals surface area (Å²) in [6, 6.07) is 1.45. The van der Waals surface area contributed by atoms with E-state index in [1.54, 1.807) is 0 Å². The normalized spacial score (nSPS) is 33.5. The molecule has 1 heterocycles. The average molecular weight is 281 g/mol. The van der Waals surface area contributed by atoms with Crippen molar-refractivity contribution in [2.45, 2.75) is 59.0 Å². The molecule has 0 radical (unpaired) electrons. The Balaban J connectivity index is 1.81. The lowest BCUT2D eigenvalue weighted by molar-refractivity contribution is 0.0843. The van der Waals surface area contributed by atoms with E-state index in [1.165, 1.54) is 52.0 Å². The zero-order chi connectivity index (χ0) is 14.8. The summed E-state index contributed by atoms with van der Waals surface area (Å²) in [6.07, 6.45) is 4.04. The predicted molar refractivity (Wildman–Crippen MR) is 87.1 cm³/mol. The molecular formula is C17H35N3. The lowest BCUT2D eigenvalue weighted by Gasteiger charge is -2.40. The van der Waals surface area contributed by atoms with Crippen molar-refractivity contribution in [3.8, 4) is 0 Å². The summed E-state index contributed by atoms with van der Waals surface area (Å²) in [5.74, 6) is 0.838. The Kier molecular flexibility index (Phi) is 5.49. The largest absolute Gasteiger partial charge is 0.316 e. The maximum absolute atomic E-state index is 3.59. The number of rotatable bonds is 5. The van der Waals surface area contributed by atoms with Crippen LogP contribution < -0.4 is 5.32 Å². The van der Waals surface area contributed by atoms with Crippen LogP contribution in [0.2, 0.25) is 0 Å². The molecule has 3 unspecified atom stereocenters. The number of hydrogen-bond donors (Lipinski definition) is 1. The van der Waals surface area contributed by atoms with E-state index in [0.717, 1.165) is 12.0 Å². The molecule has 0 aromatic heterocycles. The molecule has 2 rings (SSSR count). The Morgan fingerprint density at radius 1 is 1.20 bits per heavy atom. The van der Waals surface area contributed by atoms with Gasteiger partial charge in [-0.1, -0.05) is 20.8 Å². The first kappa shape index (κ1) is 16.3. The first-order valence-electron chi connectivity index (χ1n) is 8.61. The van der Waals surface area contributed by atoms with E-state index in [1.807, 2.05) is 0 Å². The van der Waals surface area contributed by atoms with Crippen LogP contribution in [0, 0.1) is 11.3 Å². The van der Waals surface area contributed by atoms with Gasteiger partial charge in [-0.05, 0) is 44.6 Å². The Morgan fingerprint density at radius 2 is 1.85 bits per heavy atom. The van der Waals surface area contributed by atoms with Crippen LogP contribution in [0.5, 0.6) is 0 Å². The van der Waals surface area contributed by atoms with Gasteiger partial charge in [-0.3, -0.25) is 4.90 Å². The first-order valence-corrected chi connectivity index (χ1v) is 8.61. The third kappa shape index (κ3) is 3.55. The van der Waals surface area contributed by atoms with Crippen LogP contribution in [-0.2, 0) is 0 Å². The van der Waals surface area contributed by atoms with E-state index in [9.17, 15) is 0 Å². The van der Waals surface area contributed by atoms with Gasteiger partial charge >= 0.3 is 0 Å². The van der Waals surface area contributed by atoms with Gasteiger partial charge in [0.15, 0.2) is 0 Å². The Morgan fingerprint density at radius 3 is 2.40 bits per heavy atom. The van der Waals surface area contributed by atoms with Crippen molar-refractivity contribution in [3.05, 3.63) is 0 Å². The standard InChI is InChI=1S/C17H35N3/c1-6-14(2)20-11-9-19(10-12-20)13-15-7-8-17(3,4)16(15)18-5/h14-16,18H,6-13H2,1-5H3. The van der Waals surface area contributed by atoms with Gasteiger partial charge < -0.3 is 10.2 Å². The summed E-state index contributed by atoms with van der Waals surface area (Å²) in [7, 11) is 2.14. The van der Waals surface area contributed by atoms with Crippen molar-refractivity contribution in [1.82, 2.24) is 15.1 Å². The van der Waals surface area contributed by atoms with Gasteiger partial charge in [0.25, 0.3) is 0 Å². The topological polar surface area (TPSA) is 18.5 Å². The zero-order valence-electron chi connectivity index (χ0n) is 14.3. The van der Waals surface area contributed by atoms with Gasteiger partial charge in [-0.2, -0.15) is 0 Å². The second-order valence-electron chi connectivity index (χ2n) is 7.65. The molecule has 0 aromatic rings. The van der Waals surface area contributed by atoms with Crippen LogP contribution in [0.25, 0.3) is 0 Å². The average Bonchev–Trinajstić information content (AvgIpc) is 2.73. The summed E-state index contributed by atoms with van der Waals surface area (Å²) in [4.78, 5) is 5.36. The number of nitrogens with zero attached hydrogens (tertiary/aromatic N) is 2. The quantitative estimate of drug-likeness (QED) is 0.835. The van der Waals surface area contributed by atoms with Crippen molar-refractivity contribution >= 4 is 0 Å². The van der Waals surface area contributed by atoms with Crippen molar-refractivity contribution < 1.29 is 0 Å². The lowest BCUT2D eigenvalue weighted by atomic mass is 9.85. The molecule has 2 aliphatic rings. The van der Waals surface area contributed by atoms with Crippen molar-refractivity contribution in [2.75, 3.05) is 39.8 Å². The van der Waals surface area contributed by atoms with Crippen molar-refractivity contribution in [1.29, 1.82) is 0 Å². The molecule has 0 aromatic carbocycles. The van der Waals surface area contributed by atoms with E-state index in [-0.39, 0.29) is 0 Å². The molecule has 3 heteroatoms. The minimum Gasteiger partial charge on any atom is -0.316 e. The highest BCUT2D eigenvalue weighted by Crippen LogP contribution is 2.41. The molecule has 1 saturated heterocycles. The summed E-state index contributed by atoms with van der Waals surface area (Å²) in [6.45, 7) is 15.9. The highest BCUT2D eigenvalue weighted by Gasteiger charge is 2.41. The molecule has 3 atom stereocenters. The van der Waals surface area contributed by atoms with Gasteiger partial charge in [0.2, 0.25) is 0 Å². The smallest absolute Gasteiger partial charge is 0.0156 e. The molecule has 1 saturated carbocycles. The third-order valence-corrected chi connectivity index (χ3v) is 5.90. The Hall–Kier alpha value is -0.120. The molecule has 2 fully saturated rings. The highest BCUT2D eigenvalue weighted by atomic mass is 15.3. The van der Waals surface area contributed by atoms with Gasteiger partial charge in [0.1, 0.15) is 0 Å². The van der Waals surface area contributed by atoms with Crippen LogP contribution in [0.4, 0.5) is 0 Å². The number of nitrogens with one attached hydrogen (secondary N) is 1. The Labute approximate surface area is 126 Å². The molecule has 0 spiro atoms. The van der Waals surface area contributed by atoms with Gasteiger partial charge in [-0.25, -0.2) is 0 Å². The maximum Gasteiger partial charge on any atom is 0.0156 e. The van der Waals surface area contributed by atoms with Gasteiger partial charge in [0, 0.05) is 44.8 Å². The molecule has 20 heavy (non-hydrogen) atoms. The highest BCUT2D eigenvalue weighted by molar-refractivity contribution is 4.96. The van der Waals surface area contributed by atoms with Crippen LogP contribution >= 0.6 is 0 Å². The second-order valence-corrected chi connectivity index (χ2v) is 7.65. The van der Waals surface area contributed by atoms with E-state index in [2.05, 4.69) is 49.9 Å². The fourth-order valence-electron chi connectivity index (χ4n) is 4.32. The van der Waals surface area contributed by atoms with Crippen LogP contribution in [0.15, 0.2) is 0 Å². The molecule has 1 N–H and O–H groups in total. The maximum atomic E-state index is 3.59. The van der Waals surface area contributed by atoms with Crippen LogP contribution in [0.1, 0.15) is 47.0 Å². The molecule has 0 bridgehead atoms. The third-order valence-electron chi connectivity index (χ3n) is 5.90. The zero-order valence-corrected chi connectivity index (χ0v) is 14.3. The summed E-state index contributed by atoms with van der Waals surface area (Å²) >= 11 is 0. The first-order chi connectivity index (χ1) is 9.47. The molecule has 3 nitrogen and oxygen atoms in total. The molecule has 118 valence electrons. The van der Waals surface area contributed by atoms with E-state index in [4.69, 9.17) is 0 Å². The minimum atomic E-state index is 0.470. The lowest BCUT2D eigenvalue weighted by Crippen LogP contribution is -2.52. The monoisotopic (exact) mass is 281 g/mol. The summed E-state index contributed by atoms with van der Waals surface area (Å²) in [5, 5.41) is 3.59. The SMILES string of the molecule is CCC(C)N1CCN(CC2CCC(C)(C)C2NC)CC1. The second kappa shape index (κ2) is 6.76. The number of hydrogen-bond acceptors (Lipinski definition) is 3. The fraction of sp³-hybridized carbons (Fsp3) is 1.00. The molecule has 0 amide bonds. The van der Waals surface area contributed by atoms with Gasteiger partial charge in [-0.15, -0.1) is 0 Å². The fourth-order valence-corrected chi connectivity index (χ4v) is 4.32. The van der Waals surface area contributed by atoms with Gasteiger partial charge in [0.05, 0.1) is 0 Å². The molecule has 1 aliphatic carbocycles. The van der Waals surface area contributed by atoms with E-state index < -0.39 is 0 Å².